The molecule has 5 heteroatoms. The van der Waals surface area contributed by atoms with Crippen molar-refractivity contribution in [2.75, 3.05) is 20.1 Å². The Morgan fingerprint density at radius 3 is 3.00 bits per heavy atom. The molecule has 0 radical (unpaired) electrons. The van der Waals surface area contributed by atoms with E-state index in [1.54, 1.807) is 0 Å². The Morgan fingerprint density at radius 2 is 2.33 bits per heavy atom. The van der Waals surface area contributed by atoms with Gasteiger partial charge in [0, 0.05) is 18.8 Å². The highest BCUT2D eigenvalue weighted by Gasteiger charge is 2.25. The van der Waals surface area contributed by atoms with E-state index in [2.05, 4.69) is 29.2 Å². The summed E-state index contributed by atoms with van der Waals surface area (Å²) >= 11 is 0. The molecule has 5 nitrogen and oxygen atoms in total. The predicted molar refractivity (Wildman–Crippen MR) is 68.4 cm³/mol. The summed E-state index contributed by atoms with van der Waals surface area (Å²) in [5.74, 6) is 0.275. The van der Waals surface area contributed by atoms with Crippen molar-refractivity contribution >= 4 is 5.91 Å². The maximum atomic E-state index is 12.0. The summed E-state index contributed by atoms with van der Waals surface area (Å²) in [6.45, 7) is 4.12. The molecule has 1 saturated heterocycles. The molecule has 98 valence electrons. The second-order valence-corrected chi connectivity index (χ2v) is 5.04. The van der Waals surface area contributed by atoms with Gasteiger partial charge in [-0.3, -0.25) is 9.78 Å². The average Bonchev–Trinajstić information content (AvgIpc) is 2.32. The summed E-state index contributed by atoms with van der Waals surface area (Å²) in [5, 5.41) is 12.3. The van der Waals surface area contributed by atoms with Crippen LogP contribution >= 0.6 is 0 Å². The van der Waals surface area contributed by atoms with Crippen LogP contribution in [0.2, 0.25) is 0 Å². The van der Waals surface area contributed by atoms with Crippen LogP contribution in [-0.4, -0.2) is 47.1 Å². The van der Waals surface area contributed by atoms with Crippen LogP contribution < -0.4 is 5.32 Å². The van der Waals surface area contributed by atoms with E-state index in [0.29, 0.717) is 11.5 Å². The molecule has 2 heterocycles. The van der Waals surface area contributed by atoms with Crippen molar-refractivity contribution in [1.82, 2.24) is 15.2 Å². The number of piperidine rings is 1. The van der Waals surface area contributed by atoms with Gasteiger partial charge < -0.3 is 15.3 Å². The Balaban J connectivity index is 1.99. The summed E-state index contributed by atoms with van der Waals surface area (Å²) < 4.78 is 0. The van der Waals surface area contributed by atoms with Gasteiger partial charge >= 0.3 is 0 Å². The molecule has 0 saturated carbocycles. The van der Waals surface area contributed by atoms with E-state index in [-0.39, 0.29) is 17.7 Å². The molecule has 2 rings (SSSR count). The Bertz CT molecular complexity index is 436. The first-order valence-electron chi connectivity index (χ1n) is 6.19. The highest BCUT2D eigenvalue weighted by molar-refractivity contribution is 5.94. The van der Waals surface area contributed by atoms with Gasteiger partial charge in [-0.25, -0.2) is 0 Å². The van der Waals surface area contributed by atoms with Gasteiger partial charge in [-0.05, 0) is 32.0 Å². The lowest BCUT2D eigenvalue weighted by atomic mass is 9.94. The zero-order chi connectivity index (χ0) is 13.1. The van der Waals surface area contributed by atoms with Gasteiger partial charge in [0.2, 0.25) is 0 Å². The Labute approximate surface area is 107 Å². The molecule has 18 heavy (non-hydrogen) atoms. The van der Waals surface area contributed by atoms with Gasteiger partial charge in [0.05, 0.1) is 11.8 Å². The van der Waals surface area contributed by atoms with Crippen LogP contribution in [0, 0.1) is 5.92 Å². The summed E-state index contributed by atoms with van der Waals surface area (Å²) in [6, 6.07) is 1.62. The van der Waals surface area contributed by atoms with E-state index in [4.69, 9.17) is 0 Å². The number of hydrogen-bond acceptors (Lipinski definition) is 4. The van der Waals surface area contributed by atoms with Crippen LogP contribution in [0.3, 0.4) is 0 Å². The first-order chi connectivity index (χ1) is 8.56. The highest BCUT2D eigenvalue weighted by Crippen LogP contribution is 2.16. The van der Waals surface area contributed by atoms with Crippen molar-refractivity contribution in [3.8, 4) is 5.75 Å². The lowest BCUT2D eigenvalue weighted by Gasteiger charge is -2.35. The highest BCUT2D eigenvalue weighted by atomic mass is 16.3. The fourth-order valence-corrected chi connectivity index (χ4v) is 2.37. The lowest BCUT2D eigenvalue weighted by molar-refractivity contribution is 0.0883. The second kappa shape index (κ2) is 5.35. The van der Waals surface area contributed by atoms with Crippen LogP contribution in [0.1, 0.15) is 23.7 Å². The summed E-state index contributed by atoms with van der Waals surface area (Å²) in [5.41, 5.74) is 0.404. The number of aromatic nitrogens is 1. The number of nitrogens with one attached hydrogen (secondary N) is 1. The molecule has 0 aliphatic carbocycles. The Morgan fingerprint density at radius 1 is 1.56 bits per heavy atom. The van der Waals surface area contributed by atoms with Crippen molar-refractivity contribution in [3.05, 3.63) is 24.0 Å². The number of carbonyl (C=O) groups excluding carboxylic acids is 1. The third-order valence-electron chi connectivity index (χ3n) is 3.41. The summed E-state index contributed by atoms with van der Waals surface area (Å²) in [7, 11) is 2.09. The van der Waals surface area contributed by atoms with Crippen molar-refractivity contribution in [3.63, 3.8) is 0 Å². The van der Waals surface area contributed by atoms with Gasteiger partial charge in [0.1, 0.15) is 5.75 Å². The smallest absolute Gasteiger partial charge is 0.253 e. The van der Waals surface area contributed by atoms with Crippen LogP contribution in [0.25, 0.3) is 0 Å². The largest absolute Gasteiger partial charge is 0.506 e. The van der Waals surface area contributed by atoms with Gasteiger partial charge in [-0.15, -0.1) is 0 Å². The molecule has 1 aliphatic rings. The molecule has 1 amide bonds. The molecule has 1 aromatic heterocycles. The standard InChI is InChI=1S/C13H19N3O2/c1-9-8-16(2)4-3-12(9)15-13(18)10-5-11(17)7-14-6-10/h5-7,9,12,17H,3-4,8H2,1-2H3,(H,15,18). The molecule has 2 atom stereocenters. The van der Waals surface area contributed by atoms with Crippen LogP contribution in [0.15, 0.2) is 18.5 Å². The van der Waals surface area contributed by atoms with Crippen molar-refractivity contribution < 1.29 is 9.90 Å². The van der Waals surface area contributed by atoms with E-state index in [9.17, 15) is 9.90 Å². The molecular weight excluding hydrogens is 230 g/mol. The fraction of sp³-hybridized carbons (Fsp3) is 0.538. The van der Waals surface area contributed by atoms with E-state index in [1.807, 2.05) is 0 Å². The monoisotopic (exact) mass is 249 g/mol. The van der Waals surface area contributed by atoms with Gasteiger partial charge in [0.15, 0.2) is 0 Å². The molecule has 0 bridgehead atoms. The third-order valence-corrected chi connectivity index (χ3v) is 3.41. The van der Waals surface area contributed by atoms with E-state index in [1.165, 1.54) is 18.5 Å². The van der Waals surface area contributed by atoms with E-state index >= 15 is 0 Å². The maximum Gasteiger partial charge on any atom is 0.253 e. The molecule has 1 aliphatic heterocycles. The third kappa shape index (κ3) is 2.98. The minimum atomic E-state index is -0.167. The number of likely N-dealkylation sites (tertiary alicyclic amines) is 1. The maximum absolute atomic E-state index is 12.0. The number of carbonyl (C=O) groups is 1. The molecule has 2 N–H and O–H groups in total. The van der Waals surface area contributed by atoms with Crippen molar-refractivity contribution in [2.24, 2.45) is 5.92 Å². The van der Waals surface area contributed by atoms with Crippen LogP contribution in [0.5, 0.6) is 5.75 Å². The van der Waals surface area contributed by atoms with Crippen LogP contribution in [-0.2, 0) is 0 Å². The SMILES string of the molecule is CC1CN(C)CCC1NC(=O)c1cncc(O)c1. The predicted octanol–water partition coefficient (Wildman–Crippen LogP) is 0.857. The van der Waals surface area contributed by atoms with Gasteiger partial charge in [0.25, 0.3) is 5.91 Å². The number of aromatic hydroxyl groups is 1. The topological polar surface area (TPSA) is 65.5 Å². The number of hydrogen-bond donors (Lipinski definition) is 2. The van der Waals surface area contributed by atoms with Crippen LogP contribution in [0.4, 0.5) is 0 Å². The number of amides is 1. The lowest BCUT2D eigenvalue weighted by Crippen LogP contribution is -2.48. The quantitative estimate of drug-likeness (QED) is 0.816. The average molecular weight is 249 g/mol. The Hall–Kier alpha value is -1.62. The molecule has 1 fully saturated rings. The van der Waals surface area contributed by atoms with E-state index in [0.717, 1.165) is 19.5 Å². The second-order valence-electron chi connectivity index (χ2n) is 5.04. The number of rotatable bonds is 2. The molecular formula is C13H19N3O2. The number of pyridine rings is 1. The molecule has 0 aromatic carbocycles. The van der Waals surface area contributed by atoms with Crippen molar-refractivity contribution in [1.29, 1.82) is 0 Å². The summed E-state index contributed by atoms with van der Waals surface area (Å²) in [6.07, 6.45) is 3.74. The minimum absolute atomic E-state index is 0.0130. The summed E-state index contributed by atoms with van der Waals surface area (Å²) in [4.78, 5) is 18.1. The molecule has 1 aromatic rings. The first kappa shape index (κ1) is 12.8. The molecule has 2 unspecified atom stereocenters. The Kier molecular flexibility index (Phi) is 3.81. The minimum Gasteiger partial charge on any atom is -0.506 e. The first-order valence-corrected chi connectivity index (χ1v) is 6.19. The van der Waals surface area contributed by atoms with Crippen molar-refractivity contribution in [2.45, 2.75) is 19.4 Å². The van der Waals surface area contributed by atoms with E-state index < -0.39 is 0 Å². The molecule has 0 spiro atoms. The van der Waals surface area contributed by atoms with Gasteiger partial charge in [-0.2, -0.15) is 0 Å². The van der Waals surface area contributed by atoms with Gasteiger partial charge in [-0.1, -0.05) is 6.92 Å². The normalized spacial score (nSPS) is 24.8. The fourth-order valence-electron chi connectivity index (χ4n) is 2.37. The number of nitrogens with zero attached hydrogens (tertiary/aromatic N) is 2. The zero-order valence-electron chi connectivity index (χ0n) is 10.8. The zero-order valence-corrected chi connectivity index (χ0v) is 10.8.